The molecule has 1 aromatic rings. The van der Waals surface area contributed by atoms with Crippen LogP contribution in [0.2, 0.25) is 0 Å². The second-order valence-electron chi connectivity index (χ2n) is 3.07. The minimum Gasteiger partial charge on any atom is -0.476 e. The van der Waals surface area contributed by atoms with Gasteiger partial charge in [0, 0.05) is 0 Å². The van der Waals surface area contributed by atoms with Gasteiger partial charge in [0.25, 0.3) is 0 Å². The van der Waals surface area contributed by atoms with Gasteiger partial charge in [-0.2, -0.15) is 13.2 Å². The Morgan fingerprint density at radius 3 is 2.50 bits per heavy atom. The van der Waals surface area contributed by atoms with Crippen LogP contribution in [-0.2, 0) is 6.18 Å². The van der Waals surface area contributed by atoms with Crippen molar-refractivity contribution in [1.82, 2.24) is 15.0 Å². The molecule has 1 atom stereocenters. The van der Waals surface area contributed by atoms with Gasteiger partial charge in [0.05, 0.1) is 12.6 Å². The van der Waals surface area contributed by atoms with Crippen LogP contribution in [-0.4, -0.2) is 37.8 Å². The minimum atomic E-state index is -4.89. The maximum atomic E-state index is 12.6. The molecule has 0 aromatic carbocycles. The molecule has 0 aliphatic carbocycles. The molecule has 0 aliphatic heterocycles. The average Bonchev–Trinajstić information content (AvgIpc) is 2.59. The molecule has 6 nitrogen and oxygen atoms in total. The predicted molar refractivity (Wildman–Crippen MR) is 43.8 cm³/mol. The van der Waals surface area contributed by atoms with Gasteiger partial charge in [0.15, 0.2) is 5.69 Å². The van der Waals surface area contributed by atoms with Crippen LogP contribution in [0.25, 0.3) is 0 Å². The molecule has 90 valence electrons. The molecule has 0 fully saturated rings. The lowest BCUT2D eigenvalue weighted by molar-refractivity contribution is -0.145. The summed E-state index contributed by atoms with van der Waals surface area (Å²) in [7, 11) is 0. The number of rotatable bonds is 3. The number of halogens is 3. The number of aliphatic hydroxyl groups is 1. The number of carbonyl (C=O) groups is 1. The first-order chi connectivity index (χ1) is 7.29. The van der Waals surface area contributed by atoms with E-state index < -0.39 is 36.2 Å². The highest BCUT2D eigenvalue weighted by Crippen LogP contribution is 2.32. The molecule has 0 amide bonds. The van der Waals surface area contributed by atoms with E-state index in [1.807, 2.05) is 0 Å². The third kappa shape index (κ3) is 2.13. The van der Waals surface area contributed by atoms with Gasteiger partial charge in [-0.15, -0.1) is 5.10 Å². The van der Waals surface area contributed by atoms with Crippen molar-refractivity contribution in [3.8, 4) is 0 Å². The van der Waals surface area contributed by atoms with Crippen molar-refractivity contribution in [3.63, 3.8) is 0 Å². The average molecular weight is 239 g/mol. The summed E-state index contributed by atoms with van der Waals surface area (Å²) < 4.78 is 38.0. The molecule has 0 spiro atoms. The lowest BCUT2D eigenvalue weighted by atomic mass is 10.2. The largest absolute Gasteiger partial charge is 0.476 e. The van der Waals surface area contributed by atoms with Crippen molar-refractivity contribution in [2.24, 2.45) is 0 Å². The van der Waals surface area contributed by atoms with Gasteiger partial charge in [-0.3, -0.25) is 0 Å². The molecular weight excluding hydrogens is 231 g/mol. The molecule has 0 aliphatic rings. The monoisotopic (exact) mass is 239 g/mol. The Hall–Kier alpha value is -1.64. The number of hydrogen-bond acceptors (Lipinski definition) is 4. The summed E-state index contributed by atoms with van der Waals surface area (Å²) in [5, 5.41) is 23.3. The Morgan fingerprint density at radius 1 is 1.56 bits per heavy atom. The van der Waals surface area contributed by atoms with E-state index in [2.05, 4.69) is 10.3 Å². The van der Waals surface area contributed by atoms with E-state index in [1.165, 1.54) is 6.92 Å². The Bertz CT molecular complexity index is 401. The summed E-state index contributed by atoms with van der Waals surface area (Å²) in [5.41, 5.74) is -2.64. The summed E-state index contributed by atoms with van der Waals surface area (Å²) >= 11 is 0. The zero-order chi connectivity index (χ0) is 12.5. The van der Waals surface area contributed by atoms with Gasteiger partial charge < -0.3 is 10.2 Å². The first-order valence-electron chi connectivity index (χ1n) is 4.15. The number of hydrogen-bond donors (Lipinski definition) is 2. The van der Waals surface area contributed by atoms with Crippen molar-refractivity contribution in [2.45, 2.75) is 19.1 Å². The second kappa shape index (κ2) is 4.08. The summed E-state index contributed by atoms with van der Waals surface area (Å²) in [6.07, 6.45) is -4.89. The maximum absolute atomic E-state index is 12.6. The fourth-order valence-corrected chi connectivity index (χ4v) is 1.09. The number of aromatic carboxylic acids is 1. The number of alkyl halides is 3. The fourth-order valence-electron chi connectivity index (χ4n) is 1.09. The van der Waals surface area contributed by atoms with E-state index in [4.69, 9.17) is 10.2 Å². The number of aromatic nitrogens is 3. The van der Waals surface area contributed by atoms with E-state index in [0.717, 1.165) is 0 Å². The molecule has 1 rings (SSSR count). The Morgan fingerprint density at radius 2 is 2.12 bits per heavy atom. The van der Waals surface area contributed by atoms with E-state index >= 15 is 0 Å². The SMILES string of the molecule is CC(CO)n1nnc(C(=O)O)c1C(F)(F)F. The third-order valence-electron chi connectivity index (χ3n) is 1.85. The molecule has 1 unspecified atom stereocenters. The Balaban J connectivity index is 3.37. The van der Waals surface area contributed by atoms with Gasteiger partial charge in [-0.25, -0.2) is 9.48 Å². The molecule has 16 heavy (non-hydrogen) atoms. The van der Waals surface area contributed by atoms with E-state index in [1.54, 1.807) is 0 Å². The molecule has 0 radical (unpaired) electrons. The first-order valence-corrected chi connectivity index (χ1v) is 4.15. The standard InChI is InChI=1S/C7H8F3N3O3/c1-3(2-14)13-5(7(8,9)10)4(6(15)16)11-12-13/h3,14H,2H2,1H3,(H,15,16). The molecule has 0 bridgehead atoms. The zero-order valence-corrected chi connectivity index (χ0v) is 8.06. The highest BCUT2D eigenvalue weighted by Gasteiger charge is 2.42. The molecule has 9 heteroatoms. The zero-order valence-electron chi connectivity index (χ0n) is 8.06. The van der Waals surface area contributed by atoms with Crippen LogP contribution < -0.4 is 0 Å². The molecule has 2 N–H and O–H groups in total. The van der Waals surface area contributed by atoms with Gasteiger partial charge in [0.2, 0.25) is 5.69 Å². The van der Waals surface area contributed by atoms with E-state index in [9.17, 15) is 18.0 Å². The summed E-state index contributed by atoms with van der Waals surface area (Å²) in [4.78, 5) is 10.5. The predicted octanol–water partition coefficient (Wildman–Crippen LogP) is 0.548. The van der Waals surface area contributed by atoms with Crippen molar-refractivity contribution in [2.75, 3.05) is 6.61 Å². The number of carboxylic acid groups (broad SMARTS) is 1. The van der Waals surface area contributed by atoms with Crippen molar-refractivity contribution < 1.29 is 28.2 Å². The molecule has 1 aromatic heterocycles. The summed E-state index contributed by atoms with van der Waals surface area (Å²) in [6.45, 7) is 0.654. The lowest BCUT2D eigenvalue weighted by Gasteiger charge is -2.13. The van der Waals surface area contributed by atoms with Crippen molar-refractivity contribution in [3.05, 3.63) is 11.4 Å². The lowest BCUT2D eigenvalue weighted by Crippen LogP contribution is -2.22. The Kier molecular flexibility index (Phi) is 3.17. The first kappa shape index (κ1) is 12.4. The van der Waals surface area contributed by atoms with Gasteiger partial charge in [0.1, 0.15) is 0 Å². The topological polar surface area (TPSA) is 88.2 Å². The Labute approximate surface area is 87.3 Å². The quantitative estimate of drug-likeness (QED) is 0.804. The molecular formula is C7H8F3N3O3. The number of carboxylic acids is 1. The minimum absolute atomic E-state index is 0.351. The van der Waals surface area contributed by atoms with Crippen LogP contribution in [0, 0.1) is 0 Å². The van der Waals surface area contributed by atoms with E-state index in [-0.39, 0.29) is 0 Å². The highest BCUT2D eigenvalue weighted by atomic mass is 19.4. The summed E-state index contributed by atoms with van der Waals surface area (Å²) in [6, 6.07) is -1.00. The number of aliphatic hydroxyl groups excluding tert-OH is 1. The van der Waals surface area contributed by atoms with Crippen LogP contribution in [0.3, 0.4) is 0 Å². The van der Waals surface area contributed by atoms with Gasteiger partial charge in [-0.1, -0.05) is 5.21 Å². The smallest absolute Gasteiger partial charge is 0.435 e. The normalized spacial score (nSPS) is 13.8. The van der Waals surface area contributed by atoms with Crippen molar-refractivity contribution in [1.29, 1.82) is 0 Å². The maximum Gasteiger partial charge on any atom is 0.435 e. The van der Waals surface area contributed by atoms with Gasteiger partial charge >= 0.3 is 12.1 Å². The van der Waals surface area contributed by atoms with Crippen molar-refractivity contribution >= 4 is 5.97 Å². The van der Waals surface area contributed by atoms with E-state index in [0.29, 0.717) is 4.68 Å². The fraction of sp³-hybridized carbons (Fsp3) is 0.571. The van der Waals surface area contributed by atoms with Crippen LogP contribution in [0.15, 0.2) is 0 Å². The second-order valence-corrected chi connectivity index (χ2v) is 3.07. The third-order valence-corrected chi connectivity index (χ3v) is 1.85. The van der Waals surface area contributed by atoms with Gasteiger partial charge in [-0.05, 0) is 6.92 Å². The molecule has 0 saturated heterocycles. The summed E-state index contributed by atoms with van der Waals surface area (Å²) in [5.74, 6) is -1.82. The van der Waals surface area contributed by atoms with Crippen LogP contribution in [0.1, 0.15) is 29.1 Å². The molecule has 1 heterocycles. The molecule has 0 saturated carbocycles. The van der Waals surface area contributed by atoms with Crippen LogP contribution in [0.4, 0.5) is 13.2 Å². The van der Waals surface area contributed by atoms with Crippen LogP contribution in [0.5, 0.6) is 0 Å². The number of nitrogens with zero attached hydrogens (tertiary/aromatic N) is 3. The van der Waals surface area contributed by atoms with Crippen LogP contribution >= 0.6 is 0 Å². The highest BCUT2D eigenvalue weighted by molar-refractivity contribution is 5.86.